The SMILES string of the molecule is CCOC(=O)c1c(C)nc(OCC)c2ncn(CC)c12. The second kappa shape index (κ2) is 5.90. The van der Waals surface area contributed by atoms with Gasteiger partial charge in [0.15, 0.2) is 5.52 Å². The predicted octanol–water partition coefficient (Wildman–Crippen LogP) is 2.34. The maximum absolute atomic E-state index is 12.2. The summed E-state index contributed by atoms with van der Waals surface area (Å²) in [7, 11) is 0. The van der Waals surface area contributed by atoms with Gasteiger partial charge >= 0.3 is 5.97 Å². The molecule has 2 aromatic rings. The second-order valence-corrected chi connectivity index (χ2v) is 4.26. The molecule has 0 unspecified atom stereocenters. The summed E-state index contributed by atoms with van der Waals surface area (Å²) in [4.78, 5) is 20.8. The van der Waals surface area contributed by atoms with Gasteiger partial charge in [-0.3, -0.25) is 0 Å². The number of rotatable bonds is 5. The van der Waals surface area contributed by atoms with E-state index < -0.39 is 0 Å². The lowest BCUT2D eigenvalue weighted by Crippen LogP contribution is -2.12. The Morgan fingerprint density at radius 3 is 2.65 bits per heavy atom. The van der Waals surface area contributed by atoms with Crippen LogP contribution in [0.1, 0.15) is 36.8 Å². The fourth-order valence-corrected chi connectivity index (χ4v) is 2.16. The molecular formula is C14H19N3O3. The number of imidazole rings is 1. The van der Waals surface area contributed by atoms with Crippen molar-refractivity contribution in [3.63, 3.8) is 0 Å². The second-order valence-electron chi connectivity index (χ2n) is 4.26. The Bertz CT molecular complexity index is 634. The van der Waals surface area contributed by atoms with Gasteiger partial charge in [0.1, 0.15) is 5.56 Å². The molecule has 0 spiro atoms. The smallest absolute Gasteiger partial charge is 0.342 e. The Morgan fingerprint density at radius 2 is 2.05 bits per heavy atom. The van der Waals surface area contributed by atoms with Gasteiger partial charge in [-0.2, -0.15) is 0 Å². The molecule has 0 fully saturated rings. The van der Waals surface area contributed by atoms with Crippen molar-refractivity contribution in [2.75, 3.05) is 13.2 Å². The standard InChI is InChI=1S/C14H19N3O3/c1-5-17-8-15-11-12(17)10(14(18)20-7-3)9(4)16-13(11)19-6-2/h8H,5-7H2,1-4H3. The molecule has 6 heteroatoms. The summed E-state index contributed by atoms with van der Waals surface area (Å²) in [5, 5.41) is 0. The van der Waals surface area contributed by atoms with Crippen LogP contribution in [0.4, 0.5) is 0 Å². The van der Waals surface area contributed by atoms with Gasteiger partial charge in [0, 0.05) is 6.54 Å². The first kappa shape index (κ1) is 14.3. The number of aryl methyl sites for hydroxylation is 2. The lowest BCUT2D eigenvalue weighted by molar-refractivity contribution is 0.0527. The van der Waals surface area contributed by atoms with Crippen molar-refractivity contribution in [2.45, 2.75) is 34.2 Å². The number of ether oxygens (including phenoxy) is 2. The average Bonchev–Trinajstić information content (AvgIpc) is 2.83. The summed E-state index contributed by atoms with van der Waals surface area (Å²) < 4.78 is 12.5. The van der Waals surface area contributed by atoms with E-state index in [1.807, 2.05) is 18.4 Å². The fraction of sp³-hybridized carbons (Fsp3) is 0.500. The van der Waals surface area contributed by atoms with Crippen molar-refractivity contribution in [3.8, 4) is 5.88 Å². The third-order valence-corrected chi connectivity index (χ3v) is 3.01. The lowest BCUT2D eigenvalue weighted by Gasteiger charge is -2.11. The first-order valence-corrected chi connectivity index (χ1v) is 6.79. The lowest BCUT2D eigenvalue weighted by atomic mass is 10.1. The molecule has 0 aliphatic heterocycles. The zero-order valence-corrected chi connectivity index (χ0v) is 12.3. The first-order valence-electron chi connectivity index (χ1n) is 6.79. The Morgan fingerprint density at radius 1 is 1.30 bits per heavy atom. The molecule has 0 aromatic carbocycles. The number of fused-ring (bicyclic) bond motifs is 1. The molecule has 2 rings (SSSR count). The van der Waals surface area contributed by atoms with Crippen LogP contribution in [0.5, 0.6) is 5.88 Å². The van der Waals surface area contributed by atoms with Crippen molar-refractivity contribution in [3.05, 3.63) is 17.6 Å². The fourth-order valence-electron chi connectivity index (χ4n) is 2.16. The minimum atomic E-state index is -0.374. The van der Waals surface area contributed by atoms with Crippen LogP contribution in [-0.4, -0.2) is 33.7 Å². The molecule has 6 nitrogen and oxygen atoms in total. The molecule has 0 amide bonds. The van der Waals surface area contributed by atoms with Crippen LogP contribution >= 0.6 is 0 Å². The summed E-state index contributed by atoms with van der Waals surface area (Å²) in [6.07, 6.45) is 1.69. The molecule has 0 aliphatic rings. The molecule has 0 atom stereocenters. The van der Waals surface area contributed by atoms with Crippen LogP contribution < -0.4 is 4.74 Å². The minimum Gasteiger partial charge on any atom is -0.476 e. The average molecular weight is 277 g/mol. The number of esters is 1. The van der Waals surface area contributed by atoms with E-state index in [9.17, 15) is 4.79 Å². The van der Waals surface area contributed by atoms with Crippen molar-refractivity contribution in [1.82, 2.24) is 14.5 Å². The number of pyridine rings is 1. The number of carbonyl (C=O) groups is 1. The Labute approximate surface area is 117 Å². The van der Waals surface area contributed by atoms with Crippen molar-refractivity contribution in [2.24, 2.45) is 0 Å². The summed E-state index contributed by atoms with van der Waals surface area (Å²) in [5.41, 5.74) is 2.38. The normalized spacial score (nSPS) is 10.8. The molecule has 0 radical (unpaired) electrons. The molecule has 20 heavy (non-hydrogen) atoms. The quantitative estimate of drug-likeness (QED) is 0.785. The monoisotopic (exact) mass is 277 g/mol. The molecule has 0 saturated heterocycles. The van der Waals surface area contributed by atoms with Gasteiger partial charge in [-0.05, 0) is 27.7 Å². The summed E-state index contributed by atoms with van der Waals surface area (Å²) in [6, 6.07) is 0. The highest BCUT2D eigenvalue weighted by Crippen LogP contribution is 2.28. The summed E-state index contributed by atoms with van der Waals surface area (Å²) >= 11 is 0. The van der Waals surface area contributed by atoms with Gasteiger partial charge in [-0.25, -0.2) is 14.8 Å². The minimum absolute atomic E-state index is 0.327. The third kappa shape index (κ3) is 2.33. The zero-order valence-electron chi connectivity index (χ0n) is 12.3. The Kier molecular flexibility index (Phi) is 4.22. The summed E-state index contributed by atoms with van der Waals surface area (Å²) in [6.45, 7) is 8.97. The van der Waals surface area contributed by atoms with E-state index in [-0.39, 0.29) is 5.97 Å². The summed E-state index contributed by atoms with van der Waals surface area (Å²) in [5.74, 6) is 0.0843. The largest absolute Gasteiger partial charge is 0.476 e. The maximum atomic E-state index is 12.2. The van der Waals surface area contributed by atoms with E-state index in [2.05, 4.69) is 9.97 Å². The highest BCUT2D eigenvalue weighted by atomic mass is 16.5. The van der Waals surface area contributed by atoms with E-state index in [0.29, 0.717) is 42.4 Å². The van der Waals surface area contributed by atoms with Gasteiger partial charge < -0.3 is 14.0 Å². The number of carbonyl (C=O) groups excluding carboxylic acids is 1. The molecule has 2 aromatic heterocycles. The number of hydrogen-bond acceptors (Lipinski definition) is 5. The van der Waals surface area contributed by atoms with E-state index in [1.54, 1.807) is 20.2 Å². The van der Waals surface area contributed by atoms with Crippen molar-refractivity contribution >= 4 is 17.0 Å². The van der Waals surface area contributed by atoms with Crippen LogP contribution in [0.3, 0.4) is 0 Å². The molecule has 2 heterocycles. The first-order chi connectivity index (χ1) is 9.63. The van der Waals surface area contributed by atoms with Gasteiger partial charge in [0.05, 0.1) is 30.8 Å². The zero-order chi connectivity index (χ0) is 14.7. The predicted molar refractivity (Wildman–Crippen MR) is 75.1 cm³/mol. The topological polar surface area (TPSA) is 66.2 Å². The number of hydrogen-bond donors (Lipinski definition) is 0. The molecule has 0 saturated carbocycles. The van der Waals surface area contributed by atoms with E-state index >= 15 is 0 Å². The highest BCUT2D eigenvalue weighted by Gasteiger charge is 2.22. The number of nitrogens with zero attached hydrogens (tertiary/aromatic N) is 3. The molecule has 0 bridgehead atoms. The van der Waals surface area contributed by atoms with E-state index in [1.165, 1.54) is 0 Å². The molecule has 0 N–H and O–H groups in total. The maximum Gasteiger partial charge on any atom is 0.342 e. The Balaban J connectivity index is 2.73. The van der Waals surface area contributed by atoms with Crippen LogP contribution in [-0.2, 0) is 11.3 Å². The van der Waals surface area contributed by atoms with Crippen molar-refractivity contribution in [1.29, 1.82) is 0 Å². The van der Waals surface area contributed by atoms with Crippen LogP contribution in [0.25, 0.3) is 11.0 Å². The van der Waals surface area contributed by atoms with Crippen LogP contribution in [0.2, 0.25) is 0 Å². The van der Waals surface area contributed by atoms with Gasteiger partial charge in [0.25, 0.3) is 0 Å². The number of aromatic nitrogens is 3. The van der Waals surface area contributed by atoms with Crippen LogP contribution in [0.15, 0.2) is 6.33 Å². The van der Waals surface area contributed by atoms with Gasteiger partial charge in [-0.1, -0.05) is 0 Å². The molecule has 108 valence electrons. The van der Waals surface area contributed by atoms with Crippen LogP contribution in [0, 0.1) is 6.92 Å². The van der Waals surface area contributed by atoms with Gasteiger partial charge in [0.2, 0.25) is 5.88 Å². The van der Waals surface area contributed by atoms with E-state index in [0.717, 1.165) is 5.52 Å². The van der Waals surface area contributed by atoms with Gasteiger partial charge in [-0.15, -0.1) is 0 Å². The molecule has 0 aliphatic carbocycles. The third-order valence-electron chi connectivity index (χ3n) is 3.01. The highest BCUT2D eigenvalue weighted by molar-refractivity contribution is 6.04. The van der Waals surface area contributed by atoms with Crippen molar-refractivity contribution < 1.29 is 14.3 Å². The Hall–Kier alpha value is -2.11. The van der Waals surface area contributed by atoms with E-state index in [4.69, 9.17) is 9.47 Å². The molecular weight excluding hydrogens is 258 g/mol.